The number of aryl methyl sites for hydroxylation is 1. The molecule has 4 rings (SSSR count). The summed E-state index contributed by atoms with van der Waals surface area (Å²) in [6, 6.07) is 5.64. The van der Waals surface area contributed by atoms with E-state index in [1.54, 1.807) is 28.7 Å². The van der Waals surface area contributed by atoms with Crippen LogP contribution in [-0.2, 0) is 6.54 Å². The van der Waals surface area contributed by atoms with Gasteiger partial charge in [-0.3, -0.25) is 0 Å². The predicted molar refractivity (Wildman–Crippen MR) is 89.4 cm³/mol. The number of aromatic nitrogens is 6. The second kappa shape index (κ2) is 5.44. The molecule has 0 amide bonds. The van der Waals surface area contributed by atoms with Crippen molar-refractivity contribution in [1.82, 2.24) is 29.1 Å². The third kappa shape index (κ3) is 2.13. The Morgan fingerprint density at radius 1 is 1.25 bits per heavy atom. The second-order valence-corrected chi connectivity index (χ2v) is 5.26. The van der Waals surface area contributed by atoms with Gasteiger partial charge in [-0.05, 0) is 18.2 Å². The number of rotatable bonds is 4. The summed E-state index contributed by atoms with van der Waals surface area (Å²) in [4.78, 5) is 13.1. The Hall–Kier alpha value is -3.23. The molecule has 8 nitrogen and oxygen atoms in total. The van der Waals surface area contributed by atoms with E-state index >= 15 is 0 Å². The van der Waals surface area contributed by atoms with E-state index in [1.807, 2.05) is 18.2 Å². The molecule has 0 radical (unpaired) electrons. The normalized spacial score (nSPS) is 11.4. The minimum Gasteiger partial charge on any atom is -0.371 e. The van der Waals surface area contributed by atoms with Crippen LogP contribution in [0.5, 0.6) is 0 Å². The molecule has 4 heterocycles. The highest BCUT2D eigenvalue weighted by Gasteiger charge is 2.15. The number of halogens is 1. The predicted octanol–water partition coefficient (Wildman–Crippen LogP) is 1.73. The Balaban J connectivity index is 1.94. The number of nitrogens with zero attached hydrogens (tertiary/aromatic N) is 6. The summed E-state index contributed by atoms with van der Waals surface area (Å²) in [5, 5.41) is 7.20. The third-order valence-corrected chi connectivity index (χ3v) is 3.83. The van der Waals surface area contributed by atoms with E-state index in [0.29, 0.717) is 11.5 Å². The maximum Gasteiger partial charge on any atom is 0.240 e. The molecule has 4 aromatic rings. The molecule has 0 bridgehead atoms. The monoisotopic (exact) mass is 326 g/mol. The van der Waals surface area contributed by atoms with Gasteiger partial charge in [0.2, 0.25) is 5.95 Å². The first-order valence-electron chi connectivity index (χ1n) is 7.42. The summed E-state index contributed by atoms with van der Waals surface area (Å²) in [6.45, 7) is -0.242. The average molecular weight is 326 g/mol. The Bertz CT molecular complexity index is 1030. The van der Waals surface area contributed by atoms with Crippen molar-refractivity contribution in [1.29, 1.82) is 0 Å². The first kappa shape index (κ1) is 14.4. The molecule has 0 saturated carbocycles. The van der Waals surface area contributed by atoms with Crippen LogP contribution in [0.2, 0.25) is 0 Å². The maximum absolute atomic E-state index is 12.7. The SMILES string of the molecule is CNc1nc(N)nn2ccc(-c3ccc4ncn(CCF)c4n3)c12. The maximum atomic E-state index is 12.7. The second-order valence-electron chi connectivity index (χ2n) is 5.26. The summed E-state index contributed by atoms with van der Waals surface area (Å²) in [5.41, 5.74) is 9.45. The van der Waals surface area contributed by atoms with E-state index in [-0.39, 0.29) is 12.5 Å². The molecule has 0 saturated heterocycles. The number of anilines is 2. The number of imidazole rings is 1. The summed E-state index contributed by atoms with van der Waals surface area (Å²) < 4.78 is 16.0. The highest BCUT2D eigenvalue weighted by atomic mass is 19.1. The fourth-order valence-electron chi connectivity index (χ4n) is 2.77. The number of nitrogens with one attached hydrogen (secondary N) is 1. The molecule has 0 aliphatic carbocycles. The molecule has 122 valence electrons. The van der Waals surface area contributed by atoms with Crippen LogP contribution in [0, 0.1) is 0 Å². The quantitative estimate of drug-likeness (QED) is 0.592. The van der Waals surface area contributed by atoms with Gasteiger partial charge in [0.25, 0.3) is 0 Å². The molecule has 4 aromatic heterocycles. The van der Waals surface area contributed by atoms with Crippen molar-refractivity contribution < 1.29 is 4.39 Å². The van der Waals surface area contributed by atoms with Crippen molar-refractivity contribution in [2.45, 2.75) is 6.54 Å². The van der Waals surface area contributed by atoms with E-state index in [9.17, 15) is 4.39 Å². The van der Waals surface area contributed by atoms with E-state index < -0.39 is 6.67 Å². The van der Waals surface area contributed by atoms with Gasteiger partial charge in [0.1, 0.15) is 17.7 Å². The Morgan fingerprint density at radius 2 is 2.12 bits per heavy atom. The van der Waals surface area contributed by atoms with Gasteiger partial charge in [-0.2, -0.15) is 4.98 Å². The van der Waals surface area contributed by atoms with E-state index in [0.717, 1.165) is 22.3 Å². The largest absolute Gasteiger partial charge is 0.371 e. The summed E-state index contributed by atoms with van der Waals surface area (Å²) in [7, 11) is 1.77. The van der Waals surface area contributed by atoms with Crippen LogP contribution < -0.4 is 11.1 Å². The van der Waals surface area contributed by atoms with E-state index in [4.69, 9.17) is 5.73 Å². The van der Waals surface area contributed by atoms with Crippen LogP contribution in [0.4, 0.5) is 16.2 Å². The van der Waals surface area contributed by atoms with Crippen LogP contribution in [0.1, 0.15) is 0 Å². The number of alkyl halides is 1. The first-order chi connectivity index (χ1) is 11.7. The van der Waals surface area contributed by atoms with Crippen LogP contribution >= 0.6 is 0 Å². The van der Waals surface area contributed by atoms with Gasteiger partial charge >= 0.3 is 0 Å². The van der Waals surface area contributed by atoms with Gasteiger partial charge in [-0.15, -0.1) is 5.10 Å². The Morgan fingerprint density at radius 3 is 2.92 bits per heavy atom. The number of hydrogen-bond acceptors (Lipinski definition) is 6. The van der Waals surface area contributed by atoms with Crippen LogP contribution in [0.3, 0.4) is 0 Å². The zero-order chi connectivity index (χ0) is 16.7. The summed E-state index contributed by atoms with van der Waals surface area (Å²) in [5.74, 6) is 0.792. The zero-order valence-electron chi connectivity index (χ0n) is 12.9. The lowest BCUT2D eigenvalue weighted by molar-refractivity contribution is 0.449. The fraction of sp³-hybridized carbons (Fsp3) is 0.200. The number of nitrogen functional groups attached to an aromatic ring is 1. The van der Waals surface area contributed by atoms with Crippen molar-refractivity contribution in [3.05, 3.63) is 30.7 Å². The van der Waals surface area contributed by atoms with Crippen LogP contribution in [0.15, 0.2) is 30.7 Å². The van der Waals surface area contributed by atoms with Crippen molar-refractivity contribution in [3.8, 4) is 11.3 Å². The Labute approximate surface area is 136 Å². The molecule has 0 atom stereocenters. The van der Waals surface area contributed by atoms with E-state index in [1.165, 1.54) is 0 Å². The third-order valence-electron chi connectivity index (χ3n) is 3.83. The highest BCUT2D eigenvalue weighted by molar-refractivity contribution is 5.89. The summed E-state index contributed by atoms with van der Waals surface area (Å²) in [6.07, 6.45) is 3.40. The van der Waals surface area contributed by atoms with Gasteiger partial charge in [-0.25, -0.2) is 18.9 Å². The van der Waals surface area contributed by atoms with Gasteiger partial charge in [0.15, 0.2) is 11.5 Å². The van der Waals surface area contributed by atoms with Gasteiger partial charge in [0, 0.05) is 18.8 Å². The Kier molecular flexibility index (Phi) is 3.26. The number of pyridine rings is 1. The molecule has 0 aliphatic heterocycles. The molecule has 24 heavy (non-hydrogen) atoms. The van der Waals surface area contributed by atoms with Crippen molar-refractivity contribution in [3.63, 3.8) is 0 Å². The highest BCUT2D eigenvalue weighted by Crippen LogP contribution is 2.29. The van der Waals surface area contributed by atoms with Crippen LogP contribution in [0.25, 0.3) is 27.9 Å². The average Bonchev–Trinajstić information content (AvgIpc) is 3.18. The minimum atomic E-state index is -0.469. The summed E-state index contributed by atoms with van der Waals surface area (Å²) >= 11 is 0. The zero-order valence-corrected chi connectivity index (χ0v) is 12.9. The minimum absolute atomic E-state index is 0.179. The molecule has 0 fully saturated rings. The molecule has 0 spiro atoms. The molecular formula is C15H15FN8. The fourth-order valence-corrected chi connectivity index (χ4v) is 2.77. The topological polar surface area (TPSA) is 99.0 Å². The van der Waals surface area contributed by atoms with Gasteiger partial charge in [0.05, 0.1) is 18.6 Å². The molecule has 3 N–H and O–H groups in total. The van der Waals surface area contributed by atoms with Crippen molar-refractivity contribution >= 4 is 28.4 Å². The standard InChI is InChI=1S/C15H15FN8/c1-18-13-12-9(4-6-24(12)22-15(17)21-13)10-2-3-11-14(20-10)23(7-5-16)8-19-11/h2-4,6,8H,5,7H2,1H3,(H3,17,18,21,22). The molecule has 0 aliphatic rings. The number of hydrogen-bond donors (Lipinski definition) is 2. The first-order valence-corrected chi connectivity index (χ1v) is 7.42. The van der Waals surface area contributed by atoms with Crippen molar-refractivity contribution in [2.24, 2.45) is 0 Å². The van der Waals surface area contributed by atoms with Crippen molar-refractivity contribution in [2.75, 3.05) is 24.8 Å². The lowest BCUT2D eigenvalue weighted by Crippen LogP contribution is -2.05. The van der Waals surface area contributed by atoms with Gasteiger partial charge in [-0.1, -0.05) is 0 Å². The molecule has 0 aromatic carbocycles. The van der Waals surface area contributed by atoms with E-state index in [2.05, 4.69) is 25.4 Å². The lowest BCUT2D eigenvalue weighted by atomic mass is 10.2. The molecule has 0 unspecified atom stereocenters. The number of nitrogens with two attached hydrogens (primary N) is 1. The lowest BCUT2D eigenvalue weighted by Gasteiger charge is -2.07. The van der Waals surface area contributed by atoms with Crippen LogP contribution in [-0.4, -0.2) is 42.9 Å². The smallest absolute Gasteiger partial charge is 0.240 e. The molecule has 9 heteroatoms. The number of fused-ring (bicyclic) bond motifs is 2. The van der Waals surface area contributed by atoms with Gasteiger partial charge < -0.3 is 15.6 Å². The molecular weight excluding hydrogens is 311 g/mol.